The quantitative estimate of drug-likeness (QED) is 0.659. The molecule has 1 aliphatic heterocycles. The Bertz CT molecular complexity index is 744. The Morgan fingerprint density at radius 1 is 1.46 bits per heavy atom. The van der Waals surface area contributed by atoms with Crippen LogP contribution < -0.4 is 5.32 Å². The molecule has 6 nitrogen and oxygen atoms in total. The van der Waals surface area contributed by atoms with E-state index in [1.165, 1.54) is 9.12 Å². The molecule has 2 aromatic heterocycles. The zero-order valence-corrected chi connectivity index (χ0v) is 16.1. The van der Waals surface area contributed by atoms with Gasteiger partial charge in [0, 0.05) is 67.5 Å². The normalized spacial score (nSPS) is 15.4. The van der Waals surface area contributed by atoms with E-state index >= 15 is 0 Å². The molecule has 2 N–H and O–H groups in total. The highest BCUT2D eigenvalue weighted by atomic mass is 127. The molecule has 0 amide bonds. The van der Waals surface area contributed by atoms with E-state index in [1.807, 2.05) is 25.4 Å². The van der Waals surface area contributed by atoms with Crippen LogP contribution >= 0.6 is 30.3 Å². The van der Waals surface area contributed by atoms with Crippen LogP contribution in [0, 0.1) is 6.92 Å². The number of anilines is 1. The number of hydrogen-bond acceptors (Lipinski definition) is 5. The van der Waals surface area contributed by atoms with Crippen LogP contribution in [0.2, 0.25) is 0 Å². The minimum Gasteiger partial charge on any atom is -0.477 e. The fraction of sp³-hybridized carbons (Fsp3) is 0.375. The monoisotopic (exact) mass is 459 g/mol. The van der Waals surface area contributed by atoms with E-state index in [0.717, 1.165) is 48.6 Å². The van der Waals surface area contributed by atoms with E-state index in [0.29, 0.717) is 6.04 Å². The first-order valence-corrected chi connectivity index (χ1v) is 11.0. The van der Waals surface area contributed by atoms with Crippen LogP contribution in [0.4, 0.5) is 5.82 Å². The maximum atomic E-state index is 11.4. The van der Waals surface area contributed by atoms with Crippen molar-refractivity contribution in [3.05, 3.63) is 35.8 Å². The van der Waals surface area contributed by atoms with Crippen molar-refractivity contribution in [2.75, 3.05) is 18.5 Å². The zero-order chi connectivity index (χ0) is 17.1. The first-order valence-electron chi connectivity index (χ1n) is 7.64. The van der Waals surface area contributed by atoms with Crippen molar-refractivity contribution in [1.29, 1.82) is 0 Å². The summed E-state index contributed by atoms with van der Waals surface area (Å²) in [5.74, 6) is -0.119. The highest BCUT2D eigenvalue weighted by molar-refractivity contribution is 14.2. The largest absolute Gasteiger partial charge is 0.477 e. The summed E-state index contributed by atoms with van der Waals surface area (Å²) in [4.78, 5) is 15.8. The van der Waals surface area contributed by atoms with Crippen LogP contribution in [0.3, 0.4) is 0 Å². The Hall–Kier alpha value is -1.26. The highest BCUT2D eigenvalue weighted by Gasteiger charge is 2.17. The third-order valence-corrected chi connectivity index (χ3v) is 5.79. The van der Waals surface area contributed by atoms with Crippen molar-refractivity contribution in [3.8, 4) is 11.1 Å². The average molecular weight is 459 g/mol. The topological polar surface area (TPSA) is 76.4 Å². The van der Waals surface area contributed by atoms with Gasteiger partial charge < -0.3 is 15.2 Å². The standard InChI is InChI=1S/C16H18IN3O3S/c1-10-8-18-15(19-12-2-4-23-5-3-12)7-13(10)11-6-14(16(21)22)20(9-11)24-17/h6-9,12H,2-5H2,1H3,(H,18,19)(H,21,22). The molecule has 0 atom stereocenters. The molecule has 3 heterocycles. The Morgan fingerprint density at radius 2 is 2.21 bits per heavy atom. The van der Waals surface area contributed by atoms with Gasteiger partial charge in [0.15, 0.2) is 0 Å². The fourth-order valence-corrected chi connectivity index (χ4v) is 4.11. The molecule has 0 bridgehead atoms. The smallest absolute Gasteiger partial charge is 0.353 e. The predicted octanol–water partition coefficient (Wildman–Crippen LogP) is 3.99. The van der Waals surface area contributed by atoms with Gasteiger partial charge in [0.1, 0.15) is 11.5 Å². The van der Waals surface area contributed by atoms with Gasteiger partial charge in [0.25, 0.3) is 0 Å². The number of aryl methyl sites for hydroxylation is 1. The number of nitrogens with one attached hydrogen (secondary N) is 1. The maximum Gasteiger partial charge on any atom is 0.353 e. The number of halogens is 1. The summed E-state index contributed by atoms with van der Waals surface area (Å²) < 4.78 is 7.03. The number of rotatable bonds is 5. The molecule has 1 aliphatic rings. The molecule has 0 unspecified atom stereocenters. The number of pyridine rings is 1. The Kier molecular flexibility index (Phi) is 5.67. The van der Waals surface area contributed by atoms with Gasteiger partial charge in [0.05, 0.1) is 0 Å². The van der Waals surface area contributed by atoms with Crippen molar-refractivity contribution in [2.24, 2.45) is 0 Å². The van der Waals surface area contributed by atoms with E-state index in [4.69, 9.17) is 4.74 Å². The van der Waals surface area contributed by atoms with Crippen molar-refractivity contribution in [2.45, 2.75) is 25.8 Å². The molecule has 1 saturated heterocycles. The number of nitrogens with zero attached hydrogens (tertiary/aromatic N) is 2. The van der Waals surface area contributed by atoms with Gasteiger partial charge >= 0.3 is 5.97 Å². The molecule has 0 aliphatic carbocycles. The molecule has 0 aromatic carbocycles. The zero-order valence-electron chi connectivity index (χ0n) is 13.2. The lowest BCUT2D eigenvalue weighted by Gasteiger charge is -2.24. The number of aromatic carboxylic acids is 1. The van der Waals surface area contributed by atoms with Crippen LogP contribution in [-0.2, 0) is 4.74 Å². The fourth-order valence-electron chi connectivity index (χ4n) is 2.77. The van der Waals surface area contributed by atoms with Crippen LogP contribution in [0.5, 0.6) is 0 Å². The van der Waals surface area contributed by atoms with Crippen LogP contribution in [0.25, 0.3) is 11.1 Å². The average Bonchev–Trinajstić information content (AvgIpc) is 3.02. The van der Waals surface area contributed by atoms with E-state index in [1.54, 1.807) is 10.0 Å². The number of carboxylic acids is 1. The molecule has 3 rings (SSSR count). The summed E-state index contributed by atoms with van der Waals surface area (Å²) in [5.41, 5.74) is 3.15. The number of carbonyl (C=O) groups is 1. The summed E-state index contributed by atoms with van der Waals surface area (Å²) in [5, 5.41) is 12.8. The van der Waals surface area contributed by atoms with Crippen molar-refractivity contribution < 1.29 is 14.6 Å². The molecule has 0 radical (unpaired) electrons. The Balaban J connectivity index is 1.90. The maximum absolute atomic E-state index is 11.4. The van der Waals surface area contributed by atoms with Crippen molar-refractivity contribution >= 4 is 42.1 Å². The summed E-state index contributed by atoms with van der Waals surface area (Å²) in [7, 11) is 1.34. The molecule has 24 heavy (non-hydrogen) atoms. The van der Waals surface area contributed by atoms with Crippen molar-refractivity contribution in [1.82, 2.24) is 8.96 Å². The molecule has 2 aromatic rings. The van der Waals surface area contributed by atoms with Gasteiger partial charge in [0.2, 0.25) is 0 Å². The summed E-state index contributed by atoms with van der Waals surface area (Å²) >= 11 is 2.08. The van der Waals surface area contributed by atoms with Gasteiger partial charge in [-0.2, -0.15) is 0 Å². The molecule has 0 saturated carbocycles. The second-order valence-corrected chi connectivity index (χ2v) is 7.44. The molecular formula is C16H18IN3O3S. The highest BCUT2D eigenvalue weighted by Crippen LogP contribution is 2.31. The molecule has 0 spiro atoms. The van der Waals surface area contributed by atoms with Crippen LogP contribution in [0.15, 0.2) is 24.5 Å². The number of ether oxygens (including phenoxy) is 1. The summed E-state index contributed by atoms with van der Waals surface area (Å²) in [6.45, 7) is 3.53. The van der Waals surface area contributed by atoms with E-state index < -0.39 is 5.97 Å². The lowest BCUT2D eigenvalue weighted by molar-refractivity contribution is 0.0690. The summed E-state index contributed by atoms with van der Waals surface area (Å²) in [6, 6.07) is 4.06. The van der Waals surface area contributed by atoms with Crippen LogP contribution in [0.1, 0.15) is 28.9 Å². The molecule has 1 fully saturated rings. The third kappa shape index (κ3) is 3.86. The van der Waals surface area contributed by atoms with E-state index in [2.05, 4.69) is 31.5 Å². The van der Waals surface area contributed by atoms with Gasteiger partial charge in [-0.15, -0.1) is 0 Å². The first-order chi connectivity index (χ1) is 11.6. The predicted molar refractivity (Wildman–Crippen MR) is 104 cm³/mol. The second kappa shape index (κ2) is 7.75. The number of carboxylic acid groups (broad SMARTS) is 1. The first kappa shape index (κ1) is 17.6. The van der Waals surface area contributed by atoms with Crippen molar-refractivity contribution in [3.63, 3.8) is 0 Å². The molecular weight excluding hydrogens is 441 g/mol. The van der Waals surface area contributed by atoms with E-state index in [-0.39, 0.29) is 5.69 Å². The van der Waals surface area contributed by atoms with Gasteiger partial charge in [-0.3, -0.25) is 3.97 Å². The van der Waals surface area contributed by atoms with Gasteiger partial charge in [-0.05, 0) is 43.0 Å². The minimum atomic E-state index is -0.933. The van der Waals surface area contributed by atoms with Crippen LogP contribution in [-0.4, -0.2) is 39.3 Å². The number of aromatic nitrogens is 2. The Morgan fingerprint density at radius 3 is 2.83 bits per heavy atom. The molecule has 128 valence electrons. The minimum absolute atomic E-state index is 0.263. The SMILES string of the molecule is Cc1cnc(NC2CCOCC2)cc1-c1cc(C(=O)O)n(SI)c1. The van der Waals surface area contributed by atoms with E-state index in [9.17, 15) is 9.90 Å². The second-order valence-electron chi connectivity index (χ2n) is 5.73. The summed E-state index contributed by atoms with van der Waals surface area (Å²) in [6.07, 6.45) is 5.61. The third-order valence-electron chi connectivity index (χ3n) is 4.07. The lowest BCUT2D eigenvalue weighted by Crippen LogP contribution is -2.28. The van der Waals surface area contributed by atoms with Gasteiger partial charge in [-0.1, -0.05) is 0 Å². The number of hydrogen-bond donors (Lipinski definition) is 2. The molecule has 8 heteroatoms. The van der Waals surface area contributed by atoms with Gasteiger partial charge in [-0.25, -0.2) is 9.78 Å². The lowest BCUT2D eigenvalue weighted by atomic mass is 10.0. The Labute approximate surface area is 156 Å².